The van der Waals surface area contributed by atoms with Crippen LogP contribution in [0.5, 0.6) is 5.75 Å². The monoisotopic (exact) mass is 289 g/mol. The van der Waals surface area contributed by atoms with E-state index in [2.05, 4.69) is 4.98 Å². The zero-order valence-corrected chi connectivity index (χ0v) is 10.5. The molecule has 2 nitrogen and oxygen atoms in total. The molecule has 1 heterocycles. The van der Waals surface area contributed by atoms with Crippen molar-refractivity contribution in [2.75, 3.05) is 0 Å². The zero-order chi connectivity index (χ0) is 13.1. The van der Waals surface area contributed by atoms with Crippen molar-refractivity contribution >= 4 is 23.2 Å². The van der Waals surface area contributed by atoms with Crippen LogP contribution in [0.1, 0.15) is 5.56 Å². The molecule has 0 bridgehead atoms. The van der Waals surface area contributed by atoms with E-state index >= 15 is 0 Å². The lowest BCUT2D eigenvalue weighted by molar-refractivity contribution is 0.289. The molecule has 0 atom stereocenters. The number of nitrogens with zero attached hydrogens (tertiary/aromatic N) is 1. The molecule has 0 aliphatic rings. The van der Waals surface area contributed by atoms with Crippen LogP contribution in [-0.4, -0.2) is 4.98 Å². The maximum Gasteiger partial charge on any atom is 0.167 e. The van der Waals surface area contributed by atoms with Gasteiger partial charge in [0.15, 0.2) is 11.6 Å². The molecule has 0 unspecified atom stereocenters. The summed E-state index contributed by atoms with van der Waals surface area (Å²) in [5.41, 5.74) is 0.560. The van der Waals surface area contributed by atoms with Crippen LogP contribution >= 0.6 is 23.2 Å². The predicted octanol–water partition coefficient (Wildman–Crippen LogP) is 4.25. The largest absolute Gasteiger partial charge is 0.486 e. The van der Waals surface area contributed by atoms with Gasteiger partial charge in [0, 0.05) is 17.8 Å². The number of benzene rings is 1. The van der Waals surface area contributed by atoms with Gasteiger partial charge < -0.3 is 4.74 Å². The number of hydrogen-bond donors (Lipinski definition) is 0. The fourth-order valence-electron chi connectivity index (χ4n) is 1.29. The van der Waals surface area contributed by atoms with Gasteiger partial charge in [0.1, 0.15) is 17.6 Å². The Hall–Kier alpha value is -1.39. The molecule has 0 saturated carbocycles. The lowest BCUT2D eigenvalue weighted by Gasteiger charge is -2.08. The third-order valence-electron chi connectivity index (χ3n) is 2.17. The van der Waals surface area contributed by atoms with Gasteiger partial charge in [-0.05, 0) is 18.2 Å². The normalized spacial score (nSPS) is 10.4. The molecule has 0 aliphatic carbocycles. The molecule has 0 amide bonds. The second-order valence-corrected chi connectivity index (χ2v) is 4.26. The SMILES string of the molecule is Fc1ccc(OCc2cnc(Cl)cc2Cl)c(F)c1. The van der Waals surface area contributed by atoms with Crippen LogP contribution < -0.4 is 4.74 Å². The Bertz CT molecular complexity index is 526. The van der Waals surface area contributed by atoms with Crippen molar-refractivity contribution in [2.24, 2.45) is 0 Å². The van der Waals surface area contributed by atoms with Crippen LogP contribution in [0.15, 0.2) is 30.5 Å². The second-order valence-electron chi connectivity index (χ2n) is 3.46. The summed E-state index contributed by atoms with van der Waals surface area (Å²) >= 11 is 11.5. The Kier molecular flexibility index (Phi) is 3.99. The first-order chi connectivity index (χ1) is 8.56. The summed E-state index contributed by atoms with van der Waals surface area (Å²) in [5, 5.41) is 0.634. The van der Waals surface area contributed by atoms with Crippen molar-refractivity contribution in [3.05, 3.63) is 57.8 Å². The summed E-state index contributed by atoms with van der Waals surface area (Å²) in [6.45, 7) is 0.0194. The van der Waals surface area contributed by atoms with Gasteiger partial charge in [0.2, 0.25) is 0 Å². The van der Waals surface area contributed by atoms with E-state index in [-0.39, 0.29) is 17.5 Å². The van der Waals surface area contributed by atoms with Gasteiger partial charge in [-0.3, -0.25) is 0 Å². The Balaban J connectivity index is 2.11. The summed E-state index contributed by atoms with van der Waals surface area (Å²) in [5.74, 6) is -1.48. The van der Waals surface area contributed by atoms with E-state index in [9.17, 15) is 8.78 Å². The minimum absolute atomic E-state index is 0.0194. The summed E-state index contributed by atoms with van der Waals surface area (Å²) in [6, 6.07) is 4.53. The summed E-state index contributed by atoms with van der Waals surface area (Å²) < 4.78 is 31.2. The molecule has 0 radical (unpaired) electrons. The number of ether oxygens (including phenoxy) is 1. The number of halogens is 4. The first-order valence-corrected chi connectivity index (χ1v) is 5.69. The molecule has 18 heavy (non-hydrogen) atoms. The zero-order valence-electron chi connectivity index (χ0n) is 8.96. The fraction of sp³-hybridized carbons (Fsp3) is 0.0833. The van der Waals surface area contributed by atoms with Gasteiger partial charge >= 0.3 is 0 Å². The number of rotatable bonds is 3. The highest BCUT2D eigenvalue weighted by Crippen LogP contribution is 2.22. The Morgan fingerprint density at radius 2 is 1.94 bits per heavy atom. The van der Waals surface area contributed by atoms with Gasteiger partial charge in [0.25, 0.3) is 0 Å². The molecule has 0 fully saturated rings. The molecule has 94 valence electrons. The van der Waals surface area contributed by atoms with Crippen LogP contribution in [0.2, 0.25) is 10.2 Å². The highest BCUT2D eigenvalue weighted by molar-refractivity contribution is 6.34. The molecule has 1 aromatic carbocycles. The van der Waals surface area contributed by atoms with E-state index in [1.54, 1.807) is 0 Å². The van der Waals surface area contributed by atoms with Crippen molar-refractivity contribution < 1.29 is 13.5 Å². The Morgan fingerprint density at radius 1 is 1.17 bits per heavy atom. The predicted molar refractivity (Wildman–Crippen MR) is 64.9 cm³/mol. The van der Waals surface area contributed by atoms with Crippen LogP contribution in [0.3, 0.4) is 0 Å². The molecule has 0 spiro atoms. The number of pyridine rings is 1. The van der Waals surface area contributed by atoms with E-state index in [4.69, 9.17) is 27.9 Å². The van der Waals surface area contributed by atoms with Crippen molar-refractivity contribution in [3.8, 4) is 5.75 Å². The standard InChI is InChI=1S/C12H7Cl2F2NO/c13-9-4-12(14)17-5-7(9)6-18-11-2-1-8(15)3-10(11)16/h1-5H,6H2. The molecular formula is C12H7Cl2F2NO. The van der Waals surface area contributed by atoms with Gasteiger partial charge in [-0.1, -0.05) is 23.2 Å². The average molecular weight is 290 g/mol. The summed E-state index contributed by atoms with van der Waals surface area (Å²) in [4.78, 5) is 3.84. The van der Waals surface area contributed by atoms with Crippen molar-refractivity contribution in [3.63, 3.8) is 0 Å². The number of hydrogen-bond acceptors (Lipinski definition) is 2. The topological polar surface area (TPSA) is 22.1 Å². The first-order valence-electron chi connectivity index (χ1n) is 4.94. The van der Waals surface area contributed by atoms with Gasteiger partial charge in [0.05, 0.1) is 5.02 Å². The van der Waals surface area contributed by atoms with E-state index in [0.29, 0.717) is 10.6 Å². The maximum atomic E-state index is 13.3. The van der Waals surface area contributed by atoms with Crippen LogP contribution in [0.25, 0.3) is 0 Å². The van der Waals surface area contributed by atoms with E-state index in [1.165, 1.54) is 18.3 Å². The van der Waals surface area contributed by atoms with Gasteiger partial charge in [-0.15, -0.1) is 0 Å². The molecule has 0 saturated heterocycles. The van der Waals surface area contributed by atoms with Crippen molar-refractivity contribution in [1.82, 2.24) is 4.98 Å². The first kappa shape index (κ1) is 13.1. The third kappa shape index (κ3) is 3.09. The quantitative estimate of drug-likeness (QED) is 0.788. The minimum Gasteiger partial charge on any atom is -0.486 e. The molecule has 6 heteroatoms. The Labute approximate surface area is 112 Å². The lowest BCUT2D eigenvalue weighted by atomic mass is 10.3. The fourth-order valence-corrected chi connectivity index (χ4v) is 1.71. The minimum atomic E-state index is -0.770. The molecule has 2 aromatic rings. The van der Waals surface area contributed by atoms with Crippen molar-refractivity contribution in [1.29, 1.82) is 0 Å². The second kappa shape index (κ2) is 5.50. The van der Waals surface area contributed by atoms with Gasteiger partial charge in [-0.25, -0.2) is 13.8 Å². The lowest BCUT2D eigenvalue weighted by Crippen LogP contribution is -1.99. The van der Waals surface area contributed by atoms with Crippen LogP contribution in [-0.2, 0) is 6.61 Å². The average Bonchev–Trinajstić information content (AvgIpc) is 2.30. The molecule has 2 rings (SSSR count). The molecular weight excluding hydrogens is 283 g/mol. The van der Waals surface area contributed by atoms with E-state index in [0.717, 1.165) is 12.1 Å². The Morgan fingerprint density at radius 3 is 2.61 bits per heavy atom. The summed E-state index contributed by atoms with van der Waals surface area (Å²) in [7, 11) is 0. The van der Waals surface area contributed by atoms with Crippen LogP contribution in [0.4, 0.5) is 8.78 Å². The third-order valence-corrected chi connectivity index (χ3v) is 2.73. The molecule has 0 N–H and O–H groups in total. The van der Waals surface area contributed by atoms with Crippen molar-refractivity contribution in [2.45, 2.75) is 6.61 Å². The van der Waals surface area contributed by atoms with Gasteiger partial charge in [-0.2, -0.15) is 0 Å². The van der Waals surface area contributed by atoms with E-state index < -0.39 is 11.6 Å². The highest BCUT2D eigenvalue weighted by Gasteiger charge is 2.07. The van der Waals surface area contributed by atoms with Crippen LogP contribution in [0, 0.1) is 11.6 Å². The molecule has 1 aromatic heterocycles. The molecule has 0 aliphatic heterocycles. The van der Waals surface area contributed by atoms with E-state index in [1.807, 2.05) is 0 Å². The summed E-state index contributed by atoms with van der Waals surface area (Å²) in [6.07, 6.45) is 1.44. The maximum absolute atomic E-state index is 13.3. The number of aromatic nitrogens is 1. The highest BCUT2D eigenvalue weighted by atomic mass is 35.5. The smallest absolute Gasteiger partial charge is 0.167 e.